The molecule has 1 saturated heterocycles. The second-order valence-electron chi connectivity index (χ2n) is 4.67. The van der Waals surface area contributed by atoms with E-state index in [-0.39, 0.29) is 11.9 Å². The molecule has 1 atom stereocenters. The van der Waals surface area contributed by atoms with Gasteiger partial charge in [-0.15, -0.1) is 0 Å². The fourth-order valence-electron chi connectivity index (χ4n) is 2.09. The minimum absolute atomic E-state index is 0.0383. The number of carbonyl (C=O) groups is 1. The van der Waals surface area contributed by atoms with Crippen molar-refractivity contribution < 1.29 is 14.3 Å². The zero-order chi connectivity index (χ0) is 13.7. The summed E-state index contributed by atoms with van der Waals surface area (Å²) in [5.74, 6) is 0.781. The molecule has 0 aliphatic carbocycles. The van der Waals surface area contributed by atoms with Crippen LogP contribution in [0.25, 0.3) is 0 Å². The van der Waals surface area contributed by atoms with Crippen LogP contribution in [0.3, 0.4) is 0 Å². The molecule has 5 heteroatoms. The summed E-state index contributed by atoms with van der Waals surface area (Å²) in [5, 5.41) is 0. The van der Waals surface area contributed by atoms with Crippen molar-refractivity contribution in [3.8, 4) is 5.75 Å². The number of rotatable bonds is 5. The number of hydrogen-bond donors (Lipinski definition) is 1. The zero-order valence-electron chi connectivity index (χ0n) is 11.2. The number of methoxy groups -OCH3 is 1. The van der Waals surface area contributed by atoms with Crippen LogP contribution >= 0.6 is 0 Å². The van der Waals surface area contributed by atoms with Gasteiger partial charge in [0.15, 0.2) is 0 Å². The van der Waals surface area contributed by atoms with Gasteiger partial charge in [0.1, 0.15) is 12.4 Å². The van der Waals surface area contributed by atoms with E-state index in [0.29, 0.717) is 25.3 Å². The van der Waals surface area contributed by atoms with Crippen LogP contribution in [0.1, 0.15) is 16.8 Å². The predicted molar refractivity (Wildman–Crippen MR) is 72.3 cm³/mol. The fourth-order valence-corrected chi connectivity index (χ4v) is 2.09. The molecule has 19 heavy (non-hydrogen) atoms. The number of nitrogens with two attached hydrogens (primary N) is 1. The van der Waals surface area contributed by atoms with Crippen LogP contribution < -0.4 is 10.5 Å². The van der Waals surface area contributed by atoms with Gasteiger partial charge in [-0.2, -0.15) is 0 Å². The molecule has 104 valence electrons. The smallest absolute Gasteiger partial charge is 0.253 e. The van der Waals surface area contributed by atoms with E-state index in [1.807, 2.05) is 0 Å². The molecule has 1 heterocycles. The number of ether oxygens (including phenoxy) is 2. The van der Waals surface area contributed by atoms with Crippen LogP contribution in [0.2, 0.25) is 0 Å². The Balaban J connectivity index is 1.92. The third-order valence-electron chi connectivity index (χ3n) is 3.17. The molecule has 0 spiro atoms. The molecule has 0 aromatic heterocycles. The monoisotopic (exact) mass is 264 g/mol. The molecule has 1 aliphatic rings. The summed E-state index contributed by atoms with van der Waals surface area (Å²) in [4.78, 5) is 14.0. The van der Waals surface area contributed by atoms with Gasteiger partial charge < -0.3 is 20.1 Å². The maximum atomic E-state index is 12.2. The Morgan fingerprint density at radius 1 is 1.37 bits per heavy atom. The van der Waals surface area contributed by atoms with Crippen molar-refractivity contribution in [2.24, 2.45) is 5.73 Å². The maximum absolute atomic E-state index is 12.2. The summed E-state index contributed by atoms with van der Waals surface area (Å²) < 4.78 is 10.4. The minimum Gasteiger partial charge on any atom is -0.491 e. The average molecular weight is 264 g/mol. The predicted octanol–water partition coefficient (Wildman–Crippen LogP) is 0.885. The van der Waals surface area contributed by atoms with Gasteiger partial charge in [0, 0.05) is 31.8 Å². The van der Waals surface area contributed by atoms with Gasteiger partial charge >= 0.3 is 0 Å². The molecule has 1 aromatic rings. The molecule has 2 N–H and O–H groups in total. The van der Waals surface area contributed by atoms with E-state index in [4.69, 9.17) is 15.2 Å². The topological polar surface area (TPSA) is 64.8 Å². The highest BCUT2D eigenvalue weighted by Gasteiger charge is 2.24. The SMILES string of the molecule is COCCOc1ccc(C(=O)N2CC[C@@H](N)C2)cc1. The summed E-state index contributed by atoms with van der Waals surface area (Å²) in [6.45, 7) is 2.44. The molecule has 1 fully saturated rings. The van der Waals surface area contributed by atoms with Crippen LogP contribution in [0.15, 0.2) is 24.3 Å². The van der Waals surface area contributed by atoms with Crippen molar-refractivity contribution >= 4 is 5.91 Å². The van der Waals surface area contributed by atoms with Crippen LogP contribution in [0.5, 0.6) is 5.75 Å². The van der Waals surface area contributed by atoms with Gasteiger partial charge in [0.25, 0.3) is 5.91 Å². The van der Waals surface area contributed by atoms with Gasteiger partial charge in [-0.25, -0.2) is 0 Å². The molecule has 1 amide bonds. The van der Waals surface area contributed by atoms with Crippen LogP contribution in [-0.2, 0) is 4.74 Å². The minimum atomic E-state index is 0.0383. The van der Waals surface area contributed by atoms with Crippen molar-refractivity contribution in [3.05, 3.63) is 29.8 Å². The molecule has 5 nitrogen and oxygen atoms in total. The Kier molecular flexibility index (Phi) is 4.76. The Morgan fingerprint density at radius 3 is 2.68 bits per heavy atom. The molecule has 1 aliphatic heterocycles. The van der Waals surface area contributed by atoms with Gasteiger partial charge in [0.2, 0.25) is 0 Å². The third kappa shape index (κ3) is 3.68. The molecule has 0 radical (unpaired) electrons. The molecule has 0 bridgehead atoms. The first-order valence-electron chi connectivity index (χ1n) is 6.47. The summed E-state index contributed by atoms with van der Waals surface area (Å²) >= 11 is 0. The van der Waals surface area contributed by atoms with Gasteiger partial charge in [0.05, 0.1) is 6.61 Å². The Bertz CT molecular complexity index is 419. The summed E-state index contributed by atoms with van der Waals surface area (Å²) in [6.07, 6.45) is 0.879. The van der Waals surface area contributed by atoms with Crippen LogP contribution in [0.4, 0.5) is 0 Å². The highest BCUT2D eigenvalue weighted by Crippen LogP contribution is 2.16. The molecule has 0 unspecified atom stereocenters. The lowest BCUT2D eigenvalue weighted by Gasteiger charge is -2.16. The highest BCUT2D eigenvalue weighted by atomic mass is 16.5. The van der Waals surface area contributed by atoms with Gasteiger partial charge in [-0.1, -0.05) is 0 Å². The number of hydrogen-bond acceptors (Lipinski definition) is 4. The van der Waals surface area contributed by atoms with Crippen molar-refractivity contribution in [1.82, 2.24) is 4.90 Å². The number of benzene rings is 1. The molecule has 0 saturated carbocycles. The molecule has 2 rings (SSSR count). The van der Waals surface area contributed by atoms with E-state index in [9.17, 15) is 4.79 Å². The van der Waals surface area contributed by atoms with E-state index in [1.54, 1.807) is 36.3 Å². The van der Waals surface area contributed by atoms with Crippen molar-refractivity contribution in [2.45, 2.75) is 12.5 Å². The standard InChI is InChI=1S/C14H20N2O3/c1-18-8-9-19-13-4-2-11(3-5-13)14(17)16-7-6-12(15)10-16/h2-5,12H,6-10,15H2,1H3/t12-/m1/s1. The lowest BCUT2D eigenvalue weighted by Crippen LogP contribution is -2.31. The first kappa shape index (κ1) is 13.8. The first-order valence-corrected chi connectivity index (χ1v) is 6.47. The number of likely N-dealkylation sites (tertiary alicyclic amines) is 1. The Hall–Kier alpha value is -1.59. The van der Waals surface area contributed by atoms with E-state index in [2.05, 4.69) is 0 Å². The quantitative estimate of drug-likeness (QED) is 0.802. The average Bonchev–Trinajstić information content (AvgIpc) is 2.86. The number of carbonyl (C=O) groups excluding carboxylic acids is 1. The third-order valence-corrected chi connectivity index (χ3v) is 3.17. The van der Waals surface area contributed by atoms with Gasteiger partial charge in [-0.05, 0) is 30.7 Å². The lowest BCUT2D eigenvalue weighted by atomic mass is 10.2. The number of nitrogens with zero attached hydrogens (tertiary/aromatic N) is 1. The van der Waals surface area contributed by atoms with Crippen molar-refractivity contribution in [3.63, 3.8) is 0 Å². The second-order valence-corrected chi connectivity index (χ2v) is 4.67. The number of amides is 1. The zero-order valence-corrected chi connectivity index (χ0v) is 11.2. The molecular weight excluding hydrogens is 244 g/mol. The van der Waals surface area contributed by atoms with Gasteiger partial charge in [-0.3, -0.25) is 4.79 Å². The fraction of sp³-hybridized carbons (Fsp3) is 0.500. The summed E-state index contributed by atoms with van der Waals surface area (Å²) in [6, 6.07) is 7.29. The summed E-state index contributed by atoms with van der Waals surface area (Å²) in [7, 11) is 1.63. The summed E-state index contributed by atoms with van der Waals surface area (Å²) in [5.41, 5.74) is 6.48. The lowest BCUT2D eigenvalue weighted by molar-refractivity contribution is 0.0791. The normalized spacial score (nSPS) is 18.6. The van der Waals surface area contributed by atoms with Crippen LogP contribution in [-0.4, -0.2) is 50.3 Å². The van der Waals surface area contributed by atoms with E-state index >= 15 is 0 Å². The molecular formula is C14H20N2O3. The second kappa shape index (κ2) is 6.54. The highest BCUT2D eigenvalue weighted by molar-refractivity contribution is 5.94. The van der Waals surface area contributed by atoms with E-state index < -0.39 is 0 Å². The first-order chi connectivity index (χ1) is 9.20. The van der Waals surface area contributed by atoms with Crippen LogP contribution in [0, 0.1) is 0 Å². The Labute approximate surface area is 113 Å². The largest absolute Gasteiger partial charge is 0.491 e. The molecule has 1 aromatic carbocycles. The van der Waals surface area contributed by atoms with Crippen molar-refractivity contribution in [1.29, 1.82) is 0 Å². The Morgan fingerprint density at radius 2 is 2.11 bits per heavy atom. The van der Waals surface area contributed by atoms with Crippen molar-refractivity contribution in [2.75, 3.05) is 33.4 Å². The maximum Gasteiger partial charge on any atom is 0.253 e. The van der Waals surface area contributed by atoms with E-state index in [1.165, 1.54) is 0 Å². The van der Waals surface area contributed by atoms with E-state index in [0.717, 1.165) is 18.7 Å².